The number of aryl methyl sites for hydroxylation is 1. The van der Waals surface area contributed by atoms with Crippen LogP contribution < -0.4 is 4.72 Å². The van der Waals surface area contributed by atoms with Crippen LogP contribution in [-0.4, -0.2) is 28.5 Å². The van der Waals surface area contributed by atoms with Gasteiger partial charge in [0.2, 0.25) is 21.7 Å². The number of aromatic nitrogens is 3. The molecule has 1 aromatic carbocycles. The Bertz CT molecular complexity index is 1150. The van der Waals surface area contributed by atoms with Crippen molar-refractivity contribution in [3.05, 3.63) is 64.3 Å². The molecule has 0 saturated carbocycles. The van der Waals surface area contributed by atoms with E-state index in [-0.39, 0.29) is 28.2 Å². The molecule has 1 atom stereocenters. The molecule has 0 aliphatic carbocycles. The first-order valence-corrected chi connectivity index (χ1v) is 10.7. The lowest BCUT2D eigenvalue weighted by atomic mass is 10.1. The van der Waals surface area contributed by atoms with Crippen LogP contribution >= 0.6 is 0 Å². The van der Waals surface area contributed by atoms with Gasteiger partial charge in [0.1, 0.15) is 6.04 Å². The van der Waals surface area contributed by atoms with Crippen LogP contribution in [-0.2, 0) is 16.4 Å². The predicted molar refractivity (Wildman–Crippen MR) is 108 cm³/mol. The van der Waals surface area contributed by atoms with Gasteiger partial charge in [0.15, 0.2) is 0 Å². The molecule has 1 unspecified atom stereocenters. The summed E-state index contributed by atoms with van der Waals surface area (Å²) < 4.78 is 34.1. The van der Waals surface area contributed by atoms with Gasteiger partial charge in [-0.2, -0.15) is 9.71 Å². The number of nitro groups is 1. The van der Waals surface area contributed by atoms with E-state index in [1.165, 1.54) is 12.1 Å². The average molecular weight is 431 g/mol. The molecule has 0 radical (unpaired) electrons. The van der Waals surface area contributed by atoms with Gasteiger partial charge in [0.25, 0.3) is 5.69 Å². The first kappa shape index (κ1) is 21.5. The van der Waals surface area contributed by atoms with Gasteiger partial charge in [-0.25, -0.2) is 8.42 Å². The summed E-state index contributed by atoms with van der Waals surface area (Å²) in [4.78, 5) is 18.7. The second-order valence-electron chi connectivity index (χ2n) is 6.94. The Morgan fingerprint density at radius 1 is 1.27 bits per heavy atom. The summed E-state index contributed by atoms with van der Waals surface area (Å²) in [5.41, 5.74) is 0.798. The topological polar surface area (TPSA) is 141 Å². The molecule has 0 bridgehead atoms. The standard InChI is InChI=1S/C19H21N5O5S/c1-4-13-7-8-15(24(25)26)10-16(13)30(27,28)23-17(12(2)3)19-21-18(22-29-19)14-6-5-9-20-11-14/h5-12,17,23H,4H2,1-3H3. The highest BCUT2D eigenvalue weighted by atomic mass is 32.2. The largest absolute Gasteiger partial charge is 0.337 e. The van der Waals surface area contributed by atoms with Crippen molar-refractivity contribution in [2.24, 2.45) is 5.92 Å². The summed E-state index contributed by atoms with van der Waals surface area (Å²) in [6.07, 6.45) is 3.58. The molecule has 10 nitrogen and oxygen atoms in total. The van der Waals surface area contributed by atoms with Gasteiger partial charge in [-0.3, -0.25) is 15.1 Å². The summed E-state index contributed by atoms with van der Waals surface area (Å²) in [5, 5.41) is 15.0. The van der Waals surface area contributed by atoms with Crippen molar-refractivity contribution in [1.82, 2.24) is 19.8 Å². The van der Waals surface area contributed by atoms with E-state index in [2.05, 4.69) is 19.8 Å². The van der Waals surface area contributed by atoms with Crippen LogP contribution in [0.4, 0.5) is 5.69 Å². The molecule has 0 saturated heterocycles. The molecule has 0 amide bonds. The fourth-order valence-electron chi connectivity index (χ4n) is 2.88. The minimum Gasteiger partial charge on any atom is -0.337 e. The van der Waals surface area contributed by atoms with Crippen molar-refractivity contribution in [3.8, 4) is 11.4 Å². The normalized spacial score (nSPS) is 12.8. The van der Waals surface area contributed by atoms with Gasteiger partial charge in [-0.1, -0.05) is 32.0 Å². The highest BCUT2D eigenvalue weighted by Crippen LogP contribution is 2.28. The van der Waals surface area contributed by atoms with E-state index in [1.807, 2.05) is 0 Å². The van der Waals surface area contributed by atoms with E-state index < -0.39 is 21.0 Å². The maximum atomic E-state index is 13.1. The summed E-state index contributed by atoms with van der Waals surface area (Å²) in [6.45, 7) is 5.38. The highest BCUT2D eigenvalue weighted by molar-refractivity contribution is 7.89. The second kappa shape index (κ2) is 8.67. The lowest BCUT2D eigenvalue weighted by Crippen LogP contribution is -2.32. The molecule has 0 aliphatic rings. The quantitative estimate of drug-likeness (QED) is 0.423. The van der Waals surface area contributed by atoms with Crippen molar-refractivity contribution in [1.29, 1.82) is 0 Å². The maximum absolute atomic E-state index is 13.1. The number of nitrogens with one attached hydrogen (secondary N) is 1. The van der Waals surface area contributed by atoms with Crippen LogP contribution in [0.15, 0.2) is 52.1 Å². The number of nitro benzene ring substituents is 1. The van der Waals surface area contributed by atoms with E-state index in [1.54, 1.807) is 45.3 Å². The molecule has 3 aromatic rings. The first-order valence-electron chi connectivity index (χ1n) is 9.26. The molecule has 0 spiro atoms. The number of sulfonamides is 1. The predicted octanol–water partition coefficient (Wildman–Crippen LogP) is 3.28. The number of non-ortho nitro benzene ring substituents is 1. The van der Waals surface area contributed by atoms with Crippen LogP contribution in [0.5, 0.6) is 0 Å². The SMILES string of the molecule is CCc1ccc([N+](=O)[O-])cc1S(=O)(=O)NC(c1nc(-c2cccnc2)no1)C(C)C. The van der Waals surface area contributed by atoms with Crippen molar-refractivity contribution in [3.63, 3.8) is 0 Å². The van der Waals surface area contributed by atoms with E-state index in [0.29, 0.717) is 17.5 Å². The van der Waals surface area contributed by atoms with E-state index in [9.17, 15) is 18.5 Å². The molecular formula is C19H21N5O5S. The Morgan fingerprint density at radius 3 is 2.63 bits per heavy atom. The minimum absolute atomic E-state index is 0.0934. The Kier molecular flexibility index (Phi) is 6.22. The maximum Gasteiger partial charge on any atom is 0.270 e. The fourth-order valence-corrected chi connectivity index (χ4v) is 4.54. The molecule has 3 rings (SSSR count). The number of pyridine rings is 1. The van der Waals surface area contributed by atoms with Gasteiger partial charge < -0.3 is 4.52 Å². The first-order chi connectivity index (χ1) is 14.2. The monoisotopic (exact) mass is 431 g/mol. The third kappa shape index (κ3) is 4.52. The van der Waals surface area contributed by atoms with Crippen molar-refractivity contribution in [2.45, 2.75) is 38.1 Å². The fraction of sp³-hybridized carbons (Fsp3) is 0.316. The van der Waals surface area contributed by atoms with Crippen LogP contribution in [0.3, 0.4) is 0 Å². The van der Waals surface area contributed by atoms with Crippen LogP contribution in [0.25, 0.3) is 11.4 Å². The Labute approximate surface area is 173 Å². The van der Waals surface area contributed by atoms with Crippen LogP contribution in [0.2, 0.25) is 0 Å². The van der Waals surface area contributed by atoms with E-state index in [0.717, 1.165) is 6.07 Å². The molecule has 30 heavy (non-hydrogen) atoms. The molecular weight excluding hydrogens is 410 g/mol. The molecule has 2 heterocycles. The van der Waals surface area contributed by atoms with Crippen molar-refractivity contribution < 1.29 is 17.9 Å². The van der Waals surface area contributed by atoms with Crippen molar-refractivity contribution in [2.75, 3.05) is 0 Å². The lowest BCUT2D eigenvalue weighted by Gasteiger charge is -2.19. The number of rotatable bonds is 8. The van der Waals surface area contributed by atoms with E-state index >= 15 is 0 Å². The summed E-state index contributed by atoms with van der Waals surface area (Å²) in [5.74, 6) is 0.147. The highest BCUT2D eigenvalue weighted by Gasteiger charge is 2.30. The van der Waals surface area contributed by atoms with Gasteiger partial charge in [-0.15, -0.1) is 0 Å². The number of benzene rings is 1. The van der Waals surface area contributed by atoms with Gasteiger partial charge in [0.05, 0.1) is 9.82 Å². The van der Waals surface area contributed by atoms with Gasteiger partial charge >= 0.3 is 0 Å². The second-order valence-corrected chi connectivity index (χ2v) is 8.63. The van der Waals surface area contributed by atoms with Gasteiger partial charge in [-0.05, 0) is 30.0 Å². The molecule has 1 N–H and O–H groups in total. The Morgan fingerprint density at radius 2 is 2.03 bits per heavy atom. The van der Waals surface area contributed by atoms with Crippen LogP contribution in [0.1, 0.15) is 38.3 Å². The Balaban J connectivity index is 1.97. The molecule has 2 aromatic heterocycles. The zero-order valence-electron chi connectivity index (χ0n) is 16.6. The molecule has 0 aliphatic heterocycles. The molecule has 158 valence electrons. The summed E-state index contributed by atoms with van der Waals surface area (Å²) in [6, 6.07) is 6.46. The zero-order valence-corrected chi connectivity index (χ0v) is 17.5. The minimum atomic E-state index is -4.10. The zero-order chi connectivity index (χ0) is 21.9. The Hall–Kier alpha value is -3.18. The third-order valence-electron chi connectivity index (χ3n) is 4.51. The lowest BCUT2D eigenvalue weighted by molar-refractivity contribution is -0.385. The average Bonchev–Trinajstić information content (AvgIpc) is 3.22. The number of hydrogen-bond acceptors (Lipinski definition) is 8. The third-order valence-corrected chi connectivity index (χ3v) is 6.03. The number of hydrogen-bond donors (Lipinski definition) is 1. The van der Waals surface area contributed by atoms with Gasteiger partial charge in [0, 0.05) is 30.1 Å². The summed E-state index contributed by atoms with van der Waals surface area (Å²) >= 11 is 0. The van der Waals surface area contributed by atoms with Crippen molar-refractivity contribution >= 4 is 15.7 Å². The van der Waals surface area contributed by atoms with Crippen LogP contribution in [0, 0.1) is 16.0 Å². The number of nitrogens with zero attached hydrogens (tertiary/aromatic N) is 4. The summed E-state index contributed by atoms with van der Waals surface area (Å²) in [7, 11) is -4.10. The smallest absolute Gasteiger partial charge is 0.270 e. The molecule has 0 fully saturated rings. The molecule has 11 heteroatoms. The van der Waals surface area contributed by atoms with E-state index in [4.69, 9.17) is 4.52 Å².